The Hall–Kier alpha value is -1.73. The molecule has 2 heterocycles. The van der Waals surface area contributed by atoms with Gasteiger partial charge in [0.05, 0.1) is 13.1 Å². The Kier molecular flexibility index (Phi) is 6.20. The molecule has 0 unspecified atom stereocenters. The first kappa shape index (κ1) is 18.1. The van der Waals surface area contributed by atoms with Gasteiger partial charge in [0, 0.05) is 24.0 Å². The number of rotatable bonds is 5. The van der Waals surface area contributed by atoms with Crippen LogP contribution in [0.3, 0.4) is 0 Å². The van der Waals surface area contributed by atoms with E-state index in [1.807, 2.05) is 30.9 Å². The maximum atomic E-state index is 12.2. The van der Waals surface area contributed by atoms with Gasteiger partial charge >= 0.3 is 0 Å². The maximum Gasteiger partial charge on any atom is 0.257 e. The van der Waals surface area contributed by atoms with Crippen LogP contribution in [0.1, 0.15) is 18.4 Å². The average molecular weight is 362 g/mol. The molecule has 136 valence electrons. The predicted octanol–water partition coefficient (Wildman–Crippen LogP) is 1.02. The number of nitrogens with zero attached hydrogens (tertiary/aromatic N) is 2. The molecule has 2 N–H and O–H groups in total. The first-order chi connectivity index (χ1) is 12.1. The van der Waals surface area contributed by atoms with Gasteiger partial charge in [0.1, 0.15) is 0 Å². The molecule has 1 fully saturated rings. The van der Waals surface area contributed by atoms with Crippen LogP contribution in [0.2, 0.25) is 0 Å². The summed E-state index contributed by atoms with van der Waals surface area (Å²) in [6, 6.07) is 8.64. The highest BCUT2D eigenvalue weighted by Gasteiger charge is 2.22. The van der Waals surface area contributed by atoms with E-state index in [0.717, 1.165) is 43.0 Å². The van der Waals surface area contributed by atoms with Crippen molar-refractivity contribution in [2.24, 2.45) is 0 Å². The minimum absolute atomic E-state index is 0.174. The lowest BCUT2D eigenvalue weighted by Crippen LogP contribution is -2.50. The highest BCUT2D eigenvalue weighted by Crippen LogP contribution is 2.26. The minimum atomic E-state index is -0.191. The number of likely N-dealkylation sites (N-methyl/N-ethyl adjacent to an activating group) is 1. The molecule has 6 nitrogen and oxygen atoms in total. The Morgan fingerprint density at radius 2 is 2.08 bits per heavy atom. The summed E-state index contributed by atoms with van der Waals surface area (Å²) in [4.78, 5) is 28.3. The van der Waals surface area contributed by atoms with Crippen LogP contribution < -0.4 is 15.8 Å². The number of para-hydroxylation sites is 1. The molecule has 2 amide bonds. The molecule has 0 aromatic heterocycles. The number of nitrogens with one attached hydrogen (secondary N) is 2. The normalized spacial score (nSPS) is 19.6. The standard InChI is InChI=1S/C18H26N4O2S/c1-21(15-8-10-25-13-15)11-17(23)19-20-18(24)12-22-9-4-6-14-5-2-3-7-16(14)22/h2-3,5,7,15H,4,6,8-13H2,1H3,(H,19,23)(H,20,24)/t15-/m0/s1. The second-order valence-electron chi connectivity index (χ2n) is 6.68. The third kappa shape index (κ3) is 4.89. The molecular weight excluding hydrogens is 336 g/mol. The van der Waals surface area contributed by atoms with Gasteiger partial charge in [-0.1, -0.05) is 18.2 Å². The van der Waals surface area contributed by atoms with Crippen molar-refractivity contribution in [2.75, 3.05) is 43.1 Å². The number of aryl methyl sites for hydroxylation is 1. The van der Waals surface area contributed by atoms with Crippen molar-refractivity contribution in [3.63, 3.8) is 0 Å². The number of thioether (sulfide) groups is 1. The van der Waals surface area contributed by atoms with E-state index in [-0.39, 0.29) is 18.4 Å². The quantitative estimate of drug-likeness (QED) is 0.766. The fourth-order valence-electron chi connectivity index (χ4n) is 3.39. The number of hydrogen-bond acceptors (Lipinski definition) is 5. The predicted molar refractivity (Wildman–Crippen MR) is 102 cm³/mol. The lowest BCUT2D eigenvalue weighted by atomic mass is 10.0. The Balaban J connectivity index is 1.43. The number of benzene rings is 1. The zero-order chi connectivity index (χ0) is 17.6. The lowest BCUT2D eigenvalue weighted by Gasteiger charge is -2.30. The van der Waals surface area contributed by atoms with Gasteiger partial charge < -0.3 is 4.90 Å². The monoisotopic (exact) mass is 362 g/mol. The molecule has 1 aromatic carbocycles. The van der Waals surface area contributed by atoms with Crippen LogP contribution in [0.15, 0.2) is 24.3 Å². The Labute approximate surface area is 153 Å². The van der Waals surface area contributed by atoms with Crippen molar-refractivity contribution in [1.29, 1.82) is 0 Å². The number of amides is 2. The average Bonchev–Trinajstić information content (AvgIpc) is 3.15. The second-order valence-corrected chi connectivity index (χ2v) is 7.83. The second kappa shape index (κ2) is 8.58. The van der Waals surface area contributed by atoms with Crippen LogP contribution in [-0.2, 0) is 16.0 Å². The van der Waals surface area contributed by atoms with Crippen LogP contribution in [0.5, 0.6) is 0 Å². The van der Waals surface area contributed by atoms with E-state index in [0.29, 0.717) is 12.6 Å². The van der Waals surface area contributed by atoms with Crippen molar-refractivity contribution < 1.29 is 9.59 Å². The van der Waals surface area contributed by atoms with Crippen molar-refractivity contribution >= 4 is 29.3 Å². The van der Waals surface area contributed by atoms with Crippen molar-refractivity contribution in [2.45, 2.75) is 25.3 Å². The first-order valence-electron chi connectivity index (χ1n) is 8.82. The molecule has 0 radical (unpaired) electrons. The van der Waals surface area contributed by atoms with E-state index < -0.39 is 0 Å². The van der Waals surface area contributed by atoms with E-state index in [4.69, 9.17) is 0 Å². The number of hydrazine groups is 1. The summed E-state index contributed by atoms with van der Waals surface area (Å²) in [5.74, 6) is 1.87. The van der Waals surface area contributed by atoms with Gasteiger partial charge in [-0.3, -0.25) is 25.3 Å². The van der Waals surface area contributed by atoms with E-state index in [2.05, 4.69) is 32.8 Å². The molecular formula is C18H26N4O2S. The molecule has 0 bridgehead atoms. The fourth-order valence-corrected chi connectivity index (χ4v) is 4.69. The summed E-state index contributed by atoms with van der Waals surface area (Å²) >= 11 is 1.92. The number of hydrogen-bond donors (Lipinski definition) is 2. The molecule has 0 saturated carbocycles. The minimum Gasteiger partial charge on any atom is -0.362 e. The van der Waals surface area contributed by atoms with Crippen LogP contribution in [-0.4, -0.2) is 60.9 Å². The molecule has 1 saturated heterocycles. The van der Waals surface area contributed by atoms with Crippen LogP contribution in [0, 0.1) is 0 Å². The molecule has 2 aliphatic rings. The largest absolute Gasteiger partial charge is 0.362 e. The zero-order valence-electron chi connectivity index (χ0n) is 14.7. The Morgan fingerprint density at radius 1 is 1.28 bits per heavy atom. The third-order valence-corrected chi connectivity index (χ3v) is 5.95. The van der Waals surface area contributed by atoms with Gasteiger partial charge in [-0.15, -0.1) is 0 Å². The Bertz CT molecular complexity index is 619. The highest BCUT2D eigenvalue weighted by atomic mass is 32.2. The molecule has 3 rings (SSSR count). The van der Waals surface area contributed by atoms with Crippen molar-refractivity contribution in [3.05, 3.63) is 29.8 Å². The summed E-state index contributed by atoms with van der Waals surface area (Å²) in [6.07, 6.45) is 3.22. The molecule has 2 aliphatic heterocycles. The maximum absolute atomic E-state index is 12.2. The summed E-state index contributed by atoms with van der Waals surface area (Å²) in [5.41, 5.74) is 7.48. The van der Waals surface area contributed by atoms with E-state index in [1.54, 1.807) is 0 Å². The van der Waals surface area contributed by atoms with Crippen molar-refractivity contribution in [3.8, 4) is 0 Å². The van der Waals surface area contributed by atoms with Crippen LogP contribution in [0.4, 0.5) is 5.69 Å². The van der Waals surface area contributed by atoms with Gasteiger partial charge in [-0.05, 0) is 43.7 Å². The van der Waals surface area contributed by atoms with Crippen LogP contribution >= 0.6 is 11.8 Å². The van der Waals surface area contributed by atoms with Gasteiger partial charge in [0.2, 0.25) is 0 Å². The first-order valence-corrected chi connectivity index (χ1v) is 9.97. The molecule has 25 heavy (non-hydrogen) atoms. The molecule has 0 aliphatic carbocycles. The van der Waals surface area contributed by atoms with Gasteiger partial charge in [0.25, 0.3) is 11.8 Å². The van der Waals surface area contributed by atoms with Gasteiger partial charge in [-0.2, -0.15) is 11.8 Å². The fraction of sp³-hybridized carbons (Fsp3) is 0.556. The summed E-state index contributed by atoms with van der Waals surface area (Å²) in [6.45, 7) is 1.42. The summed E-state index contributed by atoms with van der Waals surface area (Å²) in [7, 11) is 1.96. The molecule has 1 aromatic rings. The number of fused-ring (bicyclic) bond motifs is 1. The highest BCUT2D eigenvalue weighted by molar-refractivity contribution is 7.99. The SMILES string of the molecule is CN(CC(=O)NNC(=O)CN1CCCc2ccccc21)[C@H]1CCSC1. The molecule has 0 spiro atoms. The van der Waals surface area contributed by atoms with E-state index in [9.17, 15) is 9.59 Å². The van der Waals surface area contributed by atoms with E-state index >= 15 is 0 Å². The smallest absolute Gasteiger partial charge is 0.257 e. The van der Waals surface area contributed by atoms with Crippen LogP contribution in [0.25, 0.3) is 0 Å². The lowest BCUT2D eigenvalue weighted by molar-refractivity contribution is -0.129. The topological polar surface area (TPSA) is 64.7 Å². The van der Waals surface area contributed by atoms with Crippen molar-refractivity contribution in [1.82, 2.24) is 15.8 Å². The third-order valence-electron chi connectivity index (χ3n) is 4.80. The summed E-state index contributed by atoms with van der Waals surface area (Å²) in [5, 5.41) is 0. The number of carbonyl (C=O) groups is 2. The number of anilines is 1. The summed E-state index contributed by atoms with van der Waals surface area (Å²) < 4.78 is 0. The zero-order valence-corrected chi connectivity index (χ0v) is 15.5. The molecule has 1 atom stereocenters. The van der Waals surface area contributed by atoms with Gasteiger partial charge in [0.15, 0.2) is 0 Å². The van der Waals surface area contributed by atoms with E-state index in [1.165, 1.54) is 5.56 Å². The number of carbonyl (C=O) groups excluding carboxylic acids is 2. The molecule has 7 heteroatoms. The van der Waals surface area contributed by atoms with Gasteiger partial charge in [-0.25, -0.2) is 0 Å². The Morgan fingerprint density at radius 3 is 2.88 bits per heavy atom.